The first-order valence-electron chi connectivity index (χ1n) is 3.36. The molecule has 0 saturated carbocycles. The molecule has 0 aromatic carbocycles. The topological polar surface area (TPSA) is 26.0 Å². The van der Waals surface area contributed by atoms with Crippen LogP contribution in [0.3, 0.4) is 0 Å². The summed E-state index contributed by atoms with van der Waals surface area (Å²) in [4.78, 5) is 0. The summed E-state index contributed by atoms with van der Waals surface area (Å²) in [5.41, 5.74) is 5.56. The molecule has 0 aliphatic rings. The second kappa shape index (κ2) is 4.40. The highest BCUT2D eigenvalue weighted by atomic mass is 14.6. The summed E-state index contributed by atoms with van der Waals surface area (Å²) in [7, 11) is 0. The van der Waals surface area contributed by atoms with Gasteiger partial charge in [0.1, 0.15) is 0 Å². The molecule has 2 atom stereocenters. The molecule has 0 heterocycles. The maximum Gasteiger partial charge on any atom is 0.0112 e. The first-order chi connectivity index (χ1) is 4.16. The predicted molar refractivity (Wildman–Crippen MR) is 40.9 cm³/mol. The van der Waals surface area contributed by atoms with E-state index < -0.39 is 0 Å². The molecule has 2 unspecified atom stereocenters. The molecule has 0 saturated heterocycles. The van der Waals surface area contributed by atoms with Crippen LogP contribution in [0.25, 0.3) is 0 Å². The normalized spacial score (nSPS) is 16.2. The van der Waals surface area contributed by atoms with Crippen LogP contribution < -0.4 is 5.73 Å². The molecule has 1 heteroatoms. The first kappa shape index (κ1) is 8.52. The average molecular weight is 125 g/mol. The summed E-state index contributed by atoms with van der Waals surface area (Å²) < 4.78 is 0. The van der Waals surface area contributed by atoms with Crippen LogP contribution in [0.4, 0.5) is 0 Å². The van der Waals surface area contributed by atoms with Gasteiger partial charge in [-0.25, -0.2) is 0 Å². The van der Waals surface area contributed by atoms with Gasteiger partial charge in [0, 0.05) is 12.5 Å². The van der Waals surface area contributed by atoms with E-state index in [1.165, 1.54) is 0 Å². The van der Waals surface area contributed by atoms with Crippen molar-refractivity contribution in [3.63, 3.8) is 0 Å². The van der Waals surface area contributed by atoms with E-state index in [2.05, 4.69) is 12.8 Å². The second-order valence-corrected chi connectivity index (χ2v) is 2.73. The third-order valence-electron chi connectivity index (χ3n) is 1.24. The number of rotatable bonds is 3. The summed E-state index contributed by atoms with van der Waals surface area (Å²) in [6, 6.07) is 0.286. The molecule has 2 N–H and O–H groups in total. The van der Waals surface area contributed by atoms with Crippen LogP contribution in [0, 0.1) is 18.3 Å². The van der Waals surface area contributed by atoms with Crippen molar-refractivity contribution < 1.29 is 0 Å². The lowest BCUT2D eigenvalue weighted by Crippen LogP contribution is -2.17. The molecule has 1 nitrogen and oxygen atoms in total. The summed E-state index contributed by atoms with van der Waals surface area (Å²) in [5.74, 6) is 3.20. The highest BCUT2D eigenvalue weighted by Crippen LogP contribution is 2.07. The van der Waals surface area contributed by atoms with Crippen molar-refractivity contribution in [3.05, 3.63) is 0 Å². The Kier molecular flexibility index (Phi) is 4.17. The van der Waals surface area contributed by atoms with Crippen molar-refractivity contribution in [2.75, 3.05) is 0 Å². The largest absolute Gasteiger partial charge is 0.328 e. The van der Waals surface area contributed by atoms with Gasteiger partial charge in [-0.15, -0.1) is 12.3 Å². The Morgan fingerprint density at radius 3 is 2.44 bits per heavy atom. The summed E-state index contributed by atoms with van der Waals surface area (Å²) >= 11 is 0. The van der Waals surface area contributed by atoms with Crippen LogP contribution in [0.5, 0.6) is 0 Å². The first-order valence-corrected chi connectivity index (χ1v) is 3.36. The molecule has 0 amide bonds. The molecule has 0 spiro atoms. The van der Waals surface area contributed by atoms with Gasteiger partial charge in [0.05, 0.1) is 0 Å². The fraction of sp³-hybridized carbons (Fsp3) is 0.750. The van der Waals surface area contributed by atoms with Gasteiger partial charge in [-0.1, -0.05) is 6.92 Å². The lowest BCUT2D eigenvalue weighted by Gasteiger charge is -2.09. The second-order valence-electron chi connectivity index (χ2n) is 2.73. The van der Waals surface area contributed by atoms with Gasteiger partial charge in [-0.05, 0) is 19.3 Å². The number of hydrogen-bond donors (Lipinski definition) is 1. The van der Waals surface area contributed by atoms with Gasteiger partial charge < -0.3 is 5.73 Å². The van der Waals surface area contributed by atoms with Crippen LogP contribution in [0.2, 0.25) is 0 Å². The van der Waals surface area contributed by atoms with Gasteiger partial charge in [-0.2, -0.15) is 0 Å². The van der Waals surface area contributed by atoms with Crippen molar-refractivity contribution >= 4 is 0 Å². The van der Waals surface area contributed by atoms with E-state index in [1.807, 2.05) is 6.92 Å². The molecule has 0 rings (SSSR count). The summed E-state index contributed by atoms with van der Waals surface area (Å²) in [6.07, 6.45) is 7.00. The Morgan fingerprint density at radius 1 is 1.56 bits per heavy atom. The molecular formula is C8H15N. The van der Waals surface area contributed by atoms with E-state index >= 15 is 0 Å². The Labute approximate surface area is 57.6 Å². The molecule has 52 valence electrons. The van der Waals surface area contributed by atoms with Crippen molar-refractivity contribution in [1.82, 2.24) is 0 Å². The van der Waals surface area contributed by atoms with E-state index in [1.54, 1.807) is 0 Å². The van der Waals surface area contributed by atoms with Gasteiger partial charge in [-0.3, -0.25) is 0 Å². The van der Waals surface area contributed by atoms with Crippen molar-refractivity contribution in [1.29, 1.82) is 0 Å². The Balaban J connectivity index is 3.29. The molecule has 0 aliphatic carbocycles. The van der Waals surface area contributed by atoms with E-state index in [0.29, 0.717) is 5.92 Å². The third-order valence-corrected chi connectivity index (χ3v) is 1.24. The van der Waals surface area contributed by atoms with Crippen LogP contribution in [-0.2, 0) is 0 Å². The predicted octanol–water partition coefficient (Wildman–Crippen LogP) is 1.38. The average Bonchev–Trinajstić information content (AvgIpc) is 1.63. The summed E-state index contributed by atoms with van der Waals surface area (Å²) in [5, 5.41) is 0. The van der Waals surface area contributed by atoms with E-state index in [4.69, 9.17) is 12.2 Å². The molecule has 0 aromatic heterocycles. The number of hydrogen-bond acceptors (Lipinski definition) is 1. The molecule has 0 radical (unpaired) electrons. The smallest absolute Gasteiger partial charge is 0.0112 e. The van der Waals surface area contributed by atoms with Crippen molar-refractivity contribution in [3.8, 4) is 12.3 Å². The minimum Gasteiger partial charge on any atom is -0.328 e. The highest BCUT2D eigenvalue weighted by Gasteiger charge is 2.01. The molecule has 9 heavy (non-hydrogen) atoms. The van der Waals surface area contributed by atoms with Crippen LogP contribution >= 0.6 is 0 Å². The lowest BCUT2D eigenvalue weighted by molar-refractivity contribution is 0.492. The third kappa shape index (κ3) is 5.39. The minimum absolute atomic E-state index is 0.286. The van der Waals surface area contributed by atoms with Crippen molar-refractivity contribution in [2.24, 2.45) is 11.7 Å². The molecule has 0 aromatic rings. The van der Waals surface area contributed by atoms with Gasteiger partial charge in [0.2, 0.25) is 0 Å². The van der Waals surface area contributed by atoms with E-state index in [-0.39, 0.29) is 6.04 Å². The Morgan fingerprint density at radius 2 is 2.11 bits per heavy atom. The summed E-state index contributed by atoms with van der Waals surface area (Å²) in [6.45, 7) is 4.14. The number of terminal acetylenes is 1. The lowest BCUT2D eigenvalue weighted by atomic mass is 10.0. The van der Waals surface area contributed by atoms with Crippen LogP contribution in [-0.4, -0.2) is 6.04 Å². The Bertz CT molecular complexity index is 99.6. The fourth-order valence-electron chi connectivity index (χ4n) is 0.919. The van der Waals surface area contributed by atoms with Crippen LogP contribution in [0.15, 0.2) is 0 Å². The number of nitrogens with two attached hydrogens (primary N) is 1. The standard InChI is InChI=1S/C8H15N/c1-4-5-7(2)6-8(3)9/h1,7-8H,5-6,9H2,2-3H3. The zero-order valence-electron chi connectivity index (χ0n) is 6.22. The zero-order valence-corrected chi connectivity index (χ0v) is 6.22. The quantitative estimate of drug-likeness (QED) is 0.567. The fourth-order valence-corrected chi connectivity index (χ4v) is 0.919. The van der Waals surface area contributed by atoms with Crippen LogP contribution in [0.1, 0.15) is 26.7 Å². The zero-order chi connectivity index (χ0) is 7.28. The van der Waals surface area contributed by atoms with Gasteiger partial charge >= 0.3 is 0 Å². The monoisotopic (exact) mass is 125 g/mol. The maximum absolute atomic E-state index is 5.56. The van der Waals surface area contributed by atoms with E-state index in [9.17, 15) is 0 Å². The van der Waals surface area contributed by atoms with Gasteiger partial charge in [0.15, 0.2) is 0 Å². The molecule has 0 fully saturated rings. The highest BCUT2D eigenvalue weighted by molar-refractivity contribution is 4.86. The van der Waals surface area contributed by atoms with E-state index in [0.717, 1.165) is 12.8 Å². The maximum atomic E-state index is 5.56. The minimum atomic E-state index is 0.286. The molecular weight excluding hydrogens is 110 g/mol. The SMILES string of the molecule is C#CCC(C)CC(C)N. The van der Waals surface area contributed by atoms with Gasteiger partial charge in [0.25, 0.3) is 0 Å². The molecule has 0 bridgehead atoms. The molecule has 0 aliphatic heterocycles. The Hall–Kier alpha value is -0.480. The van der Waals surface area contributed by atoms with Crippen molar-refractivity contribution in [2.45, 2.75) is 32.7 Å².